The number of H-pyrrole nitrogens is 1. The molecule has 0 radical (unpaired) electrons. The number of nitro benzene ring substituents is 1. The van der Waals surface area contributed by atoms with Crippen LogP contribution in [0.2, 0.25) is 5.02 Å². The maximum Gasteiger partial charge on any atom is 0.293 e. The van der Waals surface area contributed by atoms with Crippen molar-refractivity contribution in [3.63, 3.8) is 0 Å². The number of halogens is 1. The molecule has 1 aliphatic heterocycles. The molecule has 5 aromatic rings. The lowest BCUT2D eigenvalue weighted by Gasteiger charge is -2.39. The molecule has 14 heteroatoms. The van der Waals surface area contributed by atoms with E-state index < -0.39 is 20.9 Å². The molecule has 3 aromatic carbocycles. The van der Waals surface area contributed by atoms with E-state index >= 15 is 0 Å². The first kappa shape index (κ1) is 42.5. The van der Waals surface area contributed by atoms with Gasteiger partial charge >= 0.3 is 0 Å². The third kappa shape index (κ3) is 10.1. The van der Waals surface area contributed by atoms with Crippen LogP contribution >= 0.6 is 11.6 Å². The fourth-order valence-corrected chi connectivity index (χ4v) is 10.3. The van der Waals surface area contributed by atoms with Gasteiger partial charge in [-0.25, -0.2) is 18.1 Å². The molecule has 0 unspecified atom stereocenters. The summed E-state index contributed by atoms with van der Waals surface area (Å²) in [4.78, 5) is 37.6. The van der Waals surface area contributed by atoms with Crippen LogP contribution in [-0.4, -0.2) is 73.4 Å². The summed E-state index contributed by atoms with van der Waals surface area (Å²) in [5, 5.41) is 16.9. The van der Waals surface area contributed by atoms with Gasteiger partial charge in [-0.05, 0) is 127 Å². The van der Waals surface area contributed by atoms with Gasteiger partial charge in [0.15, 0.2) is 0 Å². The molecule has 2 fully saturated rings. The van der Waals surface area contributed by atoms with Crippen molar-refractivity contribution in [3.8, 4) is 0 Å². The molecule has 0 atom stereocenters. The second kappa shape index (κ2) is 18.0. The third-order valence-corrected chi connectivity index (χ3v) is 14.3. The highest BCUT2D eigenvalue weighted by atomic mass is 35.5. The van der Waals surface area contributed by atoms with E-state index in [0.717, 1.165) is 111 Å². The molecular formula is C47H54ClN7O5S. The third-order valence-electron chi connectivity index (χ3n) is 12.7. The maximum atomic E-state index is 14.0. The number of anilines is 2. The maximum absolute atomic E-state index is 14.0. The van der Waals surface area contributed by atoms with Gasteiger partial charge in [-0.3, -0.25) is 19.8 Å². The molecular weight excluding hydrogens is 810 g/mol. The Morgan fingerprint density at radius 2 is 1.75 bits per heavy atom. The molecule has 3 aliphatic rings. The number of nitro groups is 1. The van der Waals surface area contributed by atoms with Gasteiger partial charge in [0.2, 0.25) is 0 Å². The Balaban J connectivity index is 1.00. The minimum absolute atomic E-state index is 0.197. The molecule has 2 aromatic heterocycles. The summed E-state index contributed by atoms with van der Waals surface area (Å²) in [5.74, 6) is -0.404. The van der Waals surface area contributed by atoms with Gasteiger partial charge in [0.05, 0.1) is 9.82 Å². The predicted octanol–water partition coefficient (Wildman–Crippen LogP) is 9.61. The Morgan fingerprint density at radius 3 is 2.51 bits per heavy atom. The summed E-state index contributed by atoms with van der Waals surface area (Å²) in [6, 6.07) is 21.4. The molecule has 1 saturated heterocycles. The van der Waals surface area contributed by atoms with Crippen LogP contribution in [-0.2, 0) is 16.4 Å². The molecule has 3 heterocycles. The van der Waals surface area contributed by atoms with E-state index in [9.17, 15) is 23.3 Å². The number of aromatic nitrogens is 2. The number of aromatic amines is 1. The fourth-order valence-electron chi connectivity index (χ4n) is 9.21. The number of benzene rings is 3. The summed E-state index contributed by atoms with van der Waals surface area (Å²) in [5.41, 5.74) is 7.69. The van der Waals surface area contributed by atoms with Crippen molar-refractivity contribution in [2.45, 2.75) is 76.5 Å². The van der Waals surface area contributed by atoms with Crippen LogP contribution in [0.25, 0.3) is 16.6 Å². The van der Waals surface area contributed by atoms with Gasteiger partial charge in [-0.1, -0.05) is 62.4 Å². The Morgan fingerprint density at radius 1 is 0.984 bits per heavy atom. The number of nitrogens with one attached hydrogen (secondary N) is 3. The topological polar surface area (TPSA) is 154 Å². The van der Waals surface area contributed by atoms with E-state index in [2.05, 4.69) is 55.8 Å². The molecule has 0 spiro atoms. The Kier molecular flexibility index (Phi) is 12.5. The number of sulfonamides is 1. The van der Waals surface area contributed by atoms with Gasteiger partial charge in [-0.15, -0.1) is 0 Å². The normalized spacial score (nSPS) is 17.7. The summed E-state index contributed by atoms with van der Waals surface area (Å²) < 4.78 is 29.7. The minimum Gasteiger partial charge on any atom is -0.379 e. The molecule has 61 heavy (non-hydrogen) atoms. The number of fused-ring (bicyclic) bond motifs is 1. The van der Waals surface area contributed by atoms with E-state index in [1.165, 1.54) is 35.3 Å². The quantitative estimate of drug-likeness (QED) is 0.0776. The molecule has 2 aliphatic carbocycles. The average Bonchev–Trinajstić information content (AvgIpc) is 3.72. The van der Waals surface area contributed by atoms with Crippen molar-refractivity contribution in [1.82, 2.24) is 19.6 Å². The number of hydrogen-bond donors (Lipinski definition) is 3. The summed E-state index contributed by atoms with van der Waals surface area (Å²) in [7, 11) is -4.48. The highest BCUT2D eigenvalue weighted by molar-refractivity contribution is 7.90. The lowest BCUT2D eigenvalue weighted by atomic mass is 9.72. The van der Waals surface area contributed by atoms with Gasteiger partial charge < -0.3 is 15.2 Å². The number of hydrogen-bond acceptors (Lipinski definition) is 9. The van der Waals surface area contributed by atoms with Crippen LogP contribution in [0.3, 0.4) is 0 Å². The first-order chi connectivity index (χ1) is 29.3. The minimum atomic E-state index is -4.48. The number of carbonyl (C=O) groups excluding carboxylic acids is 1. The first-order valence-corrected chi connectivity index (χ1v) is 23.2. The number of nitrogens with zero attached hydrogens (tertiary/aromatic N) is 4. The van der Waals surface area contributed by atoms with Crippen molar-refractivity contribution in [1.29, 1.82) is 0 Å². The van der Waals surface area contributed by atoms with Crippen molar-refractivity contribution in [2.24, 2.45) is 11.3 Å². The van der Waals surface area contributed by atoms with E-state index in [-0.39, 0.29) is 27.2 Å². The zero-order chi connectivity index (χ0) is 42.7. The molecule has 3 N–H and O–H groups in total. The van der Waals surface area contributed by atoms with E-state index in [0.29, 0.717) is 24.4 Å². The smallest absolute Gasteiger partial charge is 0.293 e. The van der Waals surface area contributed by atoms with Gasteiger partial charge in [-0.2, -0.15) is 0 Å². The van der Waals surface area contributed by atoms with Crippen LogP contribution in [0.1, 0.15) is 92.3 Å². The second-order valence-electron chi connectivity index (χ2n) is 17.7. The van der Waals surface area contributed by atoms with Crippen molar-refractivity contribution >= 4 is 61.2 Å². The number of pyridine rings is 1. The largest absolute Gasteiger partial charge is 0.379 e. The standard InChI is InChI=1S/C47H54ClN7O5S/c1-47(2)18-16-36(42(28-47)34-8-10-38(48)11-9-34)31-53-20-22-54(23-21-53)39-12-14-41(37(26-39)25-33-24-35-17-19-49-45(35)51-30-33)46(56)52-61(59,60)40-13-15-43(44(27-40)55(57)58)50-29-32-6-4-3-5-7-32/h8-15,17,19,24,26-27,30,32,50H,3-7,16,18,20-23,25,28-29,31H2,1-2H3,(H,49,51)(H,52,56). The van der Waals surface area contributed by atoms with Crippen LogP contribution in [0.5, 0.6) is 0 Å². The van der Waals surface area contributed by atoms with Crippen LogP contribution in [0, 0.1) is 21.4 Å². The zero-order valence-electron chi connectivity index (χ0n) is 34.9. The Bertz CT molecular complexity index is 2560. The van der Waals surface area contributed by atoms with E-state index in [1.807, 2.05) is 42.6 Å². The van der Waals surface area contributed by atoms with Crippen LogP contribution < -0.4 is 14.9 Å². The number of allylic oxidation sites excluding steroid dienone is 1. The SMILES string of the molecule is CC1(C)CCC(CN2CCN(c3ccc(C(=O)NS(=O)(=O)c4ccc(NCC5CCCCC5)c([N+](=O)[O-])c4)c(Cc4cnc5[nH]ccc5c4)c3)CC2)=C(c2ccc(Cl)cc2)C1. The van der Waals surface area contributed by atoms with Gasteiger partial charge in [0.1, 0.15) is 11.3 Å². The summed E-state index contributed by atoms with van der Waals surface area (Å²) in [6.45, 7) is 9.49. The lowest BCUT2D eigenvalue weighted by molar-refractivity contribution is -0.384. The number of amides is 1. The number of piperazine rings is 1. The van der Waals surface area contributed by atoms with E-state index in [4.69, 9.17) is 11.6 Å². The highest BCUT2D eigenvalue weighted by Crippen LogP contribution is 2.43. The molecule has 8 rings (SSSR count). The van der Waals surface area contributed by atoms with Crippen molar-refractivity contribution < 1.29 is 18.1 Å². The number of carbonyl (C=O) groups is 1. The summed E-state index contributed by atoms with van der Waals surface area (Å²) >= 11 is 6.25. The van der Waals surface area contributed by atoms with Gasteiger partial charge in [0.25, 0.3) is 21.6 Å². The number of rotatable bonds is 13. The fraction of sp³-hybridized carbons (Fsp3) is 0.404. The lowest BCUT2D eigenvalue weighted by Crippen LogP contribution is -2.47. The molecule has 320 valence electrons. The summed E-state index contributed by atoms with van der Waals surface area (Å²) in [6.07, 6.45) is 12.7. The molecule has 1 saturated carbocycles. The van der Waals surface area contributed by atoms with Crippen molar-refractivity contribution in [2.75, 3.05) is 49.5 Å². The Labute approximate surface area is 363 Å². The predicted molar refractivity (Wildman–Crippen MR) is 243 cm³/mol. The van der Waals surface area contributed by atoms with E-state index in [1.54, 1.807) is 12.3 Å². The molecule has 0 bridgehead atoms. The van der Waals surface area contributed by atoms with Gasteiger partial charge in [0, 0.05) is 79.4 Å². The molecule has 1 amide bonds. The highest BCUT2D eigenvalue weighted by Gasteiger charge is 2.30. The van der Waals surface area contributed by atoms with Crippen molar-refractivity contribution in [3.05, 3.63) is 128 Å². The first-order valence-electron chi connectivity index (χ1n) is 21.4. The molecule has 12 nitrogen and oxygen atoms in total. The second-order valence-corrected chi connectivity index (χ2v) is 19.8. The monoisotopic (exact) mass is 863 g/mol. The zero-order valence-corrected chi connectivity index (χ0v) is 36.5. The average molecular weight is 865 g/mol. The Hall–Kier alpha value is -5.24. The van der Waals surface area contributed by atoms with Crippen LogP contribution in [0.4, 0.5) is 17.1 Å². The van der Waals surface area contributed by atoms with Crippen LogP contribution in [0.15, 0.2) is 95.7 Å².